The van der Waals surface area contributed by atoms with Gasteiger partial charge in [-0.2, -0.15) is 0 Å². The van der Waals surface area contributed by atoms with E-state index in [0.717, 1.165) is 57.5 Å². The molecule has 144 valence electrons. The van der Waals surface area contributed by atoms with Crippen molar-refractivity contribution in [3.63, 3.8) is 0 Å². The van der Waals surface area contributed by atoms with Crippen molar-refractivity contribution in [3.05, 3.63) is 30.1 Å². The minimum atomic E-state index is -0.186. The number of anilines is 1. The highest BCUT2D eigenvalue weighted by molar-refractivity contribution is 5.85. The average molecular weight is 362 g/mol. The molecule has 1 amide bonds. The van der Waals surface area contributed by atoms with Gasteiger partial charge in [-0.15, -0.1) is 0 Å². The molecule has 3 rings (SSSR count). The Morgan fingerprint density at radius 2 is 1.88 bits per heavy atom. The molecule has 0 saturated carbocycles. The normalized spacial score (nSPS) is 26.2. The van der Waals surface area contributed by atoms with Gasteiger partial charge in [-0.3, -0.25) is 9.69 Å². The van der Waals surface area contributed by atoms with Crippen LogP contribution >= 0.6 is 0 Å². The quantitative estimate of drug-likeness (QED) is 0.843. The van der Waals surface area contributed by atoms with Crippen LogP contribution in [0.15, 0.2) is 24.3 Å². The number of halogens is 1. The van der Waals surface area contributed by atoms with Crippen LogP contribution in [0.1, 0.15) is 46.5 Å². The molecule has 5 heteroatoms. The van der Waals surface area contributed by atoms with Gasteiger partial charge < -0.3 is 10.2 Å². The van der Waals surface area contributed by atoms with E-state index in [9.17, 15) is 9.18 Å². The van der Waals surface area contributed by atoms with Crippen LogP contribution in [0.25, 0.3) is 0 Å². The molecule has 1 aromatic carbocycles. The highest BCUT2D eigenvalue weighted by atomic mass is 19.1. The second kappa shape index (κ2) is 7.95. The fourth-order valence-electron chi connectivity index (χ4n) is 4.58. The Kier molecular flexibility index (Phi) is 5.86. The summed E-state index contributed by atoms with van der Waals surface area (Å²) in [5.74, 6) is 0.0656. The molecule has 1 N–H and O–H groups in total. The van der Waals surface area contributed by atoms with E-state index in [1.54, 1.807) is 0 Å². The topological polar surface area (TPSA) is 35.6 Å². The van der Waals surface area contributed by atoms with Gasteiger partial charge in [0.1, 0.15) is 5.82 Å². The highest BCUT2D eigenvalue weighted by Crippen LogP contribution is 2.37. The third-order valence-electron chi connectivity index (χ3n) is 6.47. The van der Waals surface area contributed by atoms with E-state index in [1.165, 1.54) is 12.1 Å². The molecule has 0 radical (unpaired) electrons. The smallest absolute Gasteiger partial charge is 0.226 e. The molecule has 4 nitrogen and oxygen atoms in total. The Bertz CT molecular complexity index is 614. The maximum Gasteiger partial charge on any atom is 0.226 e. The van der Waals surface area contributed by atoms with Crippen LogP contribution < -0.4 is 10.2 Å². The van der Waals surface area contributed by atoms with Gasteiger partial charge in [0.05, 0.1) is 5.41 Å². The second-order valence-electron chi connectivity index (χ2n) is 7.97. The SMILES string of the molecule is CCC1(CC)C[C@H](CCN2CCN(c3ccc(F)cc3)[C@@H](C)C2)NC1=O. The lowest BCUT2D eigenvalue weighted by atomic mass is 9.79. The van der Waals surface area contributed by atoms with Gasteiger partial charge in [-0.25, -0.2) is 4.39 Å². The van der Waals surface area contributed by atoms with Gasteiger partial charge in [-0.05, 0) is 56.9 Å². The molecule has 2 atom stereocenters. The Labute approximate surface area is 156 Å². The van der Waals surface area contributed by atoms with E-state index >= 15 is 0 Å². The van der Waals surface area contributed by atoms with Gasteiger partial charge >= 0.3 is 0 Å². The maximum absolute atomic E-state index is 13.1. The van der Waals surface area contributed by atoms with E-state index in [1.807, 2.05) is 12.1 Å². The molecule has 0 unspecified atom stereocenters. The monoisotopic (exact) mass is 361 g/mol. The van der Waals surface area contributed by atoms with Crippen molar-refractivity contribution in [2.45, 2.75) is 58.5 Å². The number of amides is 1. The summed E-state index contributed by atoms with van der Waals surface area (Å²) >= 11 is 0. The molecule has 1 aromatic rings. The number of benzene rings is 1. The van der Waals surface area contributed by atoms with Gasteiger partial charge in [0.25, 0.3) is 0 Å². The number of rotatable bonds is 6. The first-order chi connectivity index (χ1) is 12.5. The summed E-state index contributed by atoms with van der Waals surface area (Å²) in [4.78, 5) is 17.2. The first kappa shape index (κ1) is 19.2. The van der Waals surface area contributed by atoms with Gasteiger partial charge in [0.2, 0.25) is 5.91 Å². The van der Waals surface area contributed by atoms with Crippen molar-refractivity contribution in [2.24, 2.45) is 5.41 Å². The third-order valence-corrected chi connectivity index (χ3v) is 6.47. The zero-order chi connectivity index (χ0) is 18.7. The standard InChI is InChI=1S/C21H32FN3O/c1-4-21(5-2)14-18(23-20(21)26)10-11-24-12-13-25(16(3)15-24)19-8-6-17(22)7-9-19/h6-9,16,18H,4-5,10-15H2,1-3H3,(H,23,26)/t16-,18-/m0/s1. The Balaban J connectivity index is 1.49. The summed E-state index contributed by atoms with van der Waals surface area (Å²) < 4.78 is 13.1. The molecule has 2 aliphatic heterocycles. The lowest BCUT2D eigenvalue weighted by Crippen LogP contribution is -2.52. The first-order valence-electron chi connectivity index (χ1n) is 10.0. The fraction of sp³-hybridized carbons (Fsp3) is 0.667. The number of nitrogens with zero attached hydrogens (tertiary/aromatic N) is 2. The molecule has 0 aliphatic carbocycles. The molecule has 2 fully saturated rings. The Morgan fingerprint density at radius 3 is 2.46 bits per heavy atom. The van der Waals surface area contributed by atoms with Crippen LogP contribution in [0.2, 0.25) is 0 Å². The summed E-state index contributed by atoms with van der Waals surface area (Å²) in [6.45, 7) is 10.5. The minimum Gasteiger partial charge on any atom is -0.366 e. The van der Waals surface area contributed by atoms with Crippen molar-refractivity contribution in [1.29, 1.82) is 0 Å². The Morgan fingerprint density at radius 1 is 1.19 bits per heavy atom. The van der Waals surface area contributed by atoms with E-state index in [4.69, 9.17) is 0 Å². The lowest BCUT2D eigenvalue weighted by molar-refractivity contribution is -0.128. The van der Waals surface area contributed by atoms with E-state index in [0.29, 0.717) is 12.1 Å². The zero-order valence-electron chi connectivity index (χ0n) is 16.3. The molecule has 0 bridgehead atoms. The number of nitrogens with one attached hydrogen (secondary N) is 1. The highest BCUT2D eigenvalue weighted by Gasteiger charge is 2.43. The van der Waals surface area contributed by atoms with E-state index < -0.39 is 0 Å². The Hall–Kier alpha value is -1.62. The zero-order valence-corrected chi connectivity index (χ0v) is 16.3. The van der Waals surface area contributed by atoms with Crippen LogP contribution in [0.3, 0.4) is 0 Å². The van der Waals surface area contributed by atoms with Crippen LogP contribution in [0.5, 0.6) is 0 Å². The van der Waals surface area contributed by atoms with Gasteiger partial charge in [-0.1, -0.05) is 13.8 Å². The molecule has 0 aromatic heterocycles. The molecule has 2 aliphatic rings. The molecular formula is C21H32FN3O. The molecular weight excluding hydrogens is 329 g/mol. The summed E-state index contributed by atoms with van der Waals surface area (Å²) in [6.07, 6.45) is 3.86. The molecule has 26 heavy (non-hydrogen) atoms. The van der Waals surface area contributed by atoms with Crippen LogP contribution in [-0.4, -0.2) is 49.1 Å². The van der Waals surface area contributed by atoms with Crippen molar-refractivity contribution in [2.75, 3.05) is 31.1 Å². The lowest BCUT2D eigenvalue weighted by Gasteiger charge is -2.41. The number of carbonyl (C=O) groups excluding carboxylic acids is 1. The largest absolute Gasteiger partial charge is 0.366 e. The third kappa shape index (κ3) is 3.88. The molecule has 2 saturated heterocycles. The second-order valence-corrected chi connectivity index (χ2v) is 7.97. The minimum absolute atomic E-state index is 0.140. The predicted molar refractivity (Wildman–Crippen MR) is 104 cm³/mol. The van der Waals surface area contributed by atoms with Crippen molar-refractivity contribution in [1.82, 2.24) is 10.2 Å². The summed E-state index contributed by atoms with van der Waals surface area (Å²) in [5, 5.41) is 3.23. The van der Waals surface area contributed by atoms with Crippen LogP contribution in [0.4, 0.5) is 10.1 Å². The van der Waals surface area contributed by atoms with E-state index in [2.05, 4.69) is 35.9 Å². The van der Waals surface area contributed by atoms with Crippen molar-refractivity contribution in [3.8, 4) is 0 Å². The number of piperazine rings is 1. The van der Waals surface area contributed by atoms with E-state index in [-0.39, 0.29) is 17.1 Å². The van der Waals surface area contributed by atoms with Crippen LogP contribution in [-0.2, 0) is 4.79 Å². The summed E-state index contributed by atoms with van der Waals surface area (Å²) in [5.41, 5.74) is 0.955. The van der Waals surface area contributed by atoms with Gasteiger partial charge in [0, 0.05) is 44.0 Å². The van der Waals surface area contributed by atoms with Crippen molar-refractivity contribution < 1.29 is 9.18 Å². The molecule has 2 heterocycles. The summed E-state index contributed by atoms with van der Waals surface area (Å²) in [6, 6.07) is 7.51. The van der Waals surface area contributed by atoms with Gasteiger partial charge in [0.15, 0.2) is 0 Å². The maximum atomic E-state index is 13.1. The van der Waals surface area contributed by atoms with Crippen molar-refractivity contribution >= 4 is 11.6 Å². The first-order valence-corrected chi connectivity index (χ1v) is 10.0. The molecule has 0 spiro atoms. The average Bonchev–Trinajstić information content (AvgIpc) is 2.97. The summed E-state index contributed by atoms with van der Waals surface area (Å²) in [7, 11) is 0. The number of hydrogen-bond acceptors (Lipinski definition) is 3. The van der Waals surface area contributed by atoms with Crippen LogP contribution in [0, 0.1) is 11.2 Å². The fourth-order valence-corrected chi connectivity index (χ4v) is 4.58. The number of hydrogen-bond donors (Lipinski definition) is 1. The predicted octanol–water partition coefficient (Wildman–Crippen LogP) is 3.42. The number of carbonyl (C=O) groups is 1.